The minimum atomic E-state index is -4.70. The van der Waals surface area contributed by atoms with Crippen molar-refractivity contribution < 1.29 is 22.6 Å². The molecule has 1 aliphatic heterocycles. The number of nitrogens with one attached hydrogen (secondary N) is 2. The summed E-state index contributed by atoms with van der Waals surface area (Å²) in [6.45, 7) is 0.517. The highest BCUT2D eigenvalue weighted by molar-refractivity contribution is 9.10. The number of amides is 2. The zero-order valence-corrected chi connectivity index (χ0v) is 24.4. The molecule has 3 aromatic rings. The second kappa shape index (κ2) is 11.4. The van der Waals surface area contributed by atoms with Gasteiger partial charge in [0.15, 0.2) is 10.8 Å². The van der Waals surface area contributed by atoms with Gasteiger partial charge in [0.1, 0.15) is 6.04 Å². The maximum atomic E-state index is 13.8. The number of carbonyl (C=O) groups excluding carboxylic acids is 2. The zero-order valence-electron chi connectivity index (χ0n) is 20.5. The van der Waals surface area contributed by atoms with Crippen molar-refractivity contribution >= 4 is 78.3 Å². The molecule has 1 aromatic carbocycles. The third kappa shape index (κ3) is 6.13. The van der Waals surface area contributed by atoms with Crippen molar-refractivity contribution in [2.75, 3.05) is 16.9 Å². The molecule has 0 spiro atoms. The van der Waals surface area contributed by atoms with Crippen LogP contribution in [0.1, 0.15) is 35.2 Å². The van der Waals surface area contributed by atoms with E-state index in [1.807, 2.05) is 0 Å². The molecule has 0 radical (unpaired) electrons. The normalized spacial score (nSPS) is 16.9. The molecular formula is C25H21BrCl2N6O5S. The Bertz CT molecular complexity index is 1650. The predicted octanol–water partition coefficient (Wildman–Crippen LogP) is 4.55. The van der Waals surface area contributed by atoms with Gasteiger partial charge in [0.25, 0.3) is 5.91 Å². The summed E-state index contributed by atoms with van der Waals surface area (Å²) in [6, 6.07) is 8.02. The van der Waals surface area contributed by atoms with E-state index >= 15 is 0 Å². The van der Waals surface area contributed by atoms with Gasteiger partial charge in [-0.2, -0.15) is 13.5 Å². The number of pyridine rings is 2. The largest absolute Gasteiger partial charge is 0.352 e. The molecule has 0 bridgehead atoms. The lowest BCUT2D eigenvalue weighted by Gasteiger charge is -2.23. The summed E-state index contributed by atoms with van der Waals surface area (Å²) >= 11 is 16.0. The Hall–Kier alpha value is -3.10. The van der Waals surface area contributed by atoms with E-state index in [0.29, 0.717) is 22.0 Å². The number of rotatable bonds is 8. The van der Waals surface area contributed by atoms with Crippen LogP contribution in [0.4, 0.5) is 11.5 Å². The summed E-state index contributed by atoms with van der Waals surface area (Å²) in [5.41, 5.74) is 0.532. The first-order valence-corrected chi connectivity index (χ1v) is 15.0. The van der Waals surface area contributed by atoms with E-state index < -0.39 is 33.0 Å². The van der Waals surface area contributed by atoms with E-state index in [1.54, 1.807) is 18.2 Å². The number of hydrazone groups is 1. The second-order valence-corrected chi connectivity index (χ2v) is 12.2. The van der Waals surface area contributed by atoms with Gasteiger partial charge in [-0.3, -0.25) is 14.1 Å². The highest BCUT2D eigenvalue weighted by Gasteiger charge is 2.38. The molecule has 3 heterocycles. The third-order valence-corrected chi connectivity index (χ3v) is 8.24. The summed E-state index contributed by atoms with van der Waals surface area (Å²) < 4.78 is 34.1. The maximum Gasteiger partial charge on any atom is 0.312 e. The number of hydrogen-bond acceptors (Lipinski definition) is 8. The average Bonchev–Trinajstić information content (AvgIpc) is 3.64. The Kier molecular flexibility index (Phi) is 8.11. The second-order valence-electron chi connectivity index (χ2n) is 9.20. The van der Waals surface area contributed by atoms with Crippen LogP contribution in [0.3, 0.4) is 0 Å². The van der Waals surface area contributed by atoms with Crippen molar-refractivity contribution in [1.82, 2.24) is 15.3 Å². The van der Waals surface area contributed by atoms with Gasteiger partial charge in [0, 0.05) is 40.4 Å². The van der Waals surface area contributed by atoms with Crippen molar-refractivity contribution in [2.24, 2.45) is 11.0 Å². The van der Waals surface area contributed by atoms with Crippen LogP contribution in [0.5, 0.6) is 0 Å². The fourth-order valence-electron chi connectivity index (χ4n) is 4.18. The topological polar surface area (TPSA) is 154 Å². The highest BCUT2D eigenvalue weighted by Crippen LogP contribution is 2.35. The lowest BCUT2D eigenvalue weighted by Crippen LogP contribution is -2.39. The van der Waals surface area contributed by atoms with Crippen LogP contribution < -0.4 is 15.6 Å². The molecule has 2 aromatic heterocycles. The molecule has 2 amide bonds. The molecule has 5 rings (SSSR count). The molecule has 208 valence electrons. The third-order valence-electron chi connectivity index (χ3n) is 6.29. The molecule has 3 N–H and O–H groups in total. The monoisotopic (exact) mass is 666 g/mol. The molecule has 15 heteroatoms. The van der Waals surface area contributed by atoms with Crippen LogP contribution in [0.15, 0.2) is 63.4 Å². The molecule has 1 saturated carbocycles. The minimum Gasteiger partial charge on any atom is -0.352 e. The Morgan fingerprint density at radius 1 is 1.12 bits per heavy atom. The van der Waals surface area contributed by atoms with Gasteiger partial charge in [-0.1, -0.05) is 23.2 Å². The van der Waals surface area contributed by atoms with E-state index in [1.165, 1.54) is 35.6 Å². The Morgan fingerprint density at radius 2 is 1.85 bits per heavy atom. The quantitative estimate of drug-likeness (QED) is 0.296. The van der Waals surface area contributed by atoms with Crippen LogP contribution in [-0.4, -0.2) is 53.1 Å². The van der Waals surface area contributed by atoms with Crippen LogP contribution in [0.2, 0.25) is 10.0 Å². The van der Waals surface area contributed by atoms with Crippen molar-refractivity contribution in [1.29, 1.82) is 0 Å². The fourth-order valence-corrected chi connectivity index (χ4v) is 5.95. The van der Waals surface area contributed by atoms with E-state index in [-0.39, 0.29) is 39.8 Å². The highest BCUT2D eigenvalue weighted by atomic mass is 79.9. The zero-order chi connectivity index (χ0) is 28.6. The van der Waals surface area contributed by atoms with Crippen LogP contribution in [0.25, 0.3) is 0 Å². The summed E-state index contributed by atoms with van der Waals surface area (Å²) in [7, 11) is -4.70. The van der Waals surface area contributed by atoms with E-state index in [4.69, 9.17) is 23.2 Å². The molecular weight excluding hydrogens is 647 g/mol. The minimum absolute atomic E-state index is 0.0187. The predicted molar refractivity (Wildman–Crippen MR) is 154 cm³/mol. The SMILES string of the molecule is O=C(NCC1CC1)c1cc(Cl)cc(Br)c1NC(=O)C1CC(c2cccnc2S(=O)(=O)O)=NN1c1ncccc1Cl. The molecule has 1 unspecified atom stereocenters. The number of carbonyl (C=O) groups is 2. The van der Waals surface area contributed by atoms with Gasteiger partial charge in [-0.05, 0) is 71.1 Å². The number of aromatic nitrogens is 2. The number of anilines is 2. The molecule has 0 saturated heterocycles. The number of nitrogens with zero attached hydrogens (tertiary/aromatic N) is 4. The Morgan fingerprint density at radius 3 is 2.55 bits per heavy atom. The number of benzene rings is 1. The first-order valence-electron chi connectivity index (χ1n) is 12.0. The summed E-state index contributed by atoms with van der Waals surface area (Å²) in [6.07, 6.45) is 4.69. The van der Waals surface area contributed by atoms with Gasteiger partial charge in [0.05, 0.1) is 22.0 Å². The van der Waals surface area contributed by atoms with E-state index in [9.17, 15) is 22.6 Å². The molecule has 1 atom stereocenters. The van der Waals surface area contributed by atoms with Crippen molar-refractivity contribution in [3.63, 3.8) is 0 Å². The molecule has 40 heavy (non-hydrogen) atoms. The molecule has 11 nitrogen and oxygen atoms in total. The Labute approximate surface area is 247 Å². The summed E-state index contributed by atoms with van der Waals surface area (Å²) in [5, 5.41) is 11.3. The first-order chi connectivity index (χ1) is 19.0. The molecule has 1 aliphatic carbocycles. The van der Waals surface area contributed by atoms with Crippen LogP contribution in [0, 0.1) is 5.92 Å². The molecule has 2 aliphatic rings. The smallest absolute Gasteiger partial charge is 0.312 e. The van der Waals surface area contributed by atoms with Crippen molar-refractivity contribution in [2.45, 2.75) is 30.3 Å². The van der Waals surface area contributed by atoms with Crippen LogP contribution >= 0.6 is 39.1 Å². The average molecular weight is 668 g/mol. The van der Waals surface area contributed by atoms with E-state index in [0.717, 1.165) is 12.8 Å². The Balaban J connectivity index is 1.50. The standard InChI is InChI=1S/C25H21BrCl2N6O5S/c26-17-10-14(27)9-16(23(35)31-12-13-5-6-13)21(17)32-24(36)20-11-19(15-3-1-8-30-25(15)40(37,38)39)33-34(20)22-18(28)4-2-7-29-22/h1-4,7-10,13,20H,5-6,11-12H2,(H,31,35)(H,32,36)(H,37,38,39). The molecule has 1 fully saturated rings. The van der Waals surface area contributed by atoms with Crippen molar-refractivity contribution in [3.05, 3.63) is 74.4 Å². The summed E-state index contributed by atoms with van der Waals surface area (Å²) in [4.78, 5) is 34.8. The maximum absolute atomic E-state index is 13.8. The van der Waals surface area contributed by atoms with Gasteiger partial charge in [0.2, 0.25) is 5.91 Å². The van der Waals surface area contributed by atoms with Gasteiger partial charge in [-0.15, -0.1) is 0 Å². The fraction of sp³-hybridized carbons (Fsp3) is 0.240. The van der Waals surface area contributed by atoms with Gasteiger partial charge >= 0.3 is 10.1 Å². The lowest BCUT2D eigenvalue weighted by molar-refractivity contribution is -0.117. The summed E-state index contributed by atoms with van der Waals surface area (Å²) in [5.74, 6) is -0.395. The number of hydrogen-bond donors (Lipinski definition) is 3. The van der Waals surface area contributed by atoms with Crippen molar-refractivity contribution in [3.8, 4) is 0 Å². The first kappa shape index (κ1) is 28.4. The number of halogens is 3. The van der Waals surface area contributed by atoms with E-state index in [2.05, 4.69) is 41.6 Å². The van der Waals surface area contributed by atoms with Gasteiger partial charge in [-0.25, -0.2) is 15.0 Å². The van der Waals surface area contributed by atoms with Gasteiger partial charge < -0.3 is 10.6 Å². The lowest BCUT2D eigenvalue weighted by atomic mass is 10.0. The van der Waals surface area contributed by atoms with Crippen LogP contribution in [-0.2, 0) is 14.9 Å².